The van der Waals surface area contributed by atoms with Crippen molar-refractivity contribution in [1.29, 1.82) is 0 Å². The zero-order valence-corrected chi connectivity index (χ0v) is 17.2. The fraction of sp³-hybridized carbons (Fsp3) is 0.478. The van der Waals surface area contributed by atoms with E-state index in [-0.39, 0.29) is 6.04 Å². The quantitative estimate of drug-likeness (QED) is 0.748. The molecule has 3 rings (SSSR count). The Bertz CT molecular complexity index is 742. The molecule has 0 radical (unpaired) electrons. The van der Waals surface area contributed by atoms with Gasteiger partial charge in [0.25, 0.3) is 0 Å². The van der Waals surface area contributed by atoms with Gasteiger partial charge in [-0.1, -0.05) is 24.3 Å². The van der Waals surface area contributed by atoms with Crippen molar-refractivity contribution >= 4 is 0 Å². The van der Waals surface area contributed by atoms with Gasteiger partial charge in [0, 0.05) is 25.2 Å². The summed E-state index contributed by atoms with van der Waals surface area (Å²) < 4.78 is 17.4. The summed E-state index contributed by atoms with van der Waals surface area (Å²) in [6.45, 7) is 9.28. The highest BCUT2D eigenvalue weighted by Gasteiger charge is 2.26. The smallest absolute Gasteiger partial charge is 0.161 e. The van der Waals surface area contributed by atoms with E-state index in [2.05, 4.69) is 34.5 Å². The maximum atomic E-state index is 5.90. The normalized spacial score (nSPS) is 16.2. The molecule has 28 heavy (non-hydrogen) atoms. The highest BCUT2D eigenvalue weighted by Crippen LogP contribution is 2.38. The molecule has 0 aliphatic carbocycles. The Morgan fingerprint density at radius 3 is 2.50 bits per heavy atom. The summed E-state index contributed by atoms with van der Waals surface area (Å²) in [7, 11) is 1.74. The minimum atomic E-state index is 0.103. The minimum Gasteiger partial charge on any atom is -0.496 e. The van der Waals surface area contributed by atoms with Gasteiger partial charge in [0.1, 0.15) is 5.75 Å². The third kappa shape index (κ3) is 4.78. The van der Waals surface area contributed by atoms with E-state index in [1.807, 2.05) is 32.0 Å². The number of nitrogens with one attached hydrogen (secondary N) is 1. The summed E-state index contributed by atoms with van der Waals surface area (Å²) >= 11 is 0. The van der Waals surface area contributed by atoms with Gasteiger partial charge in [-0.3, -0.25) is 4.90 Å². The van der Waals surface area contributed by atoms with Gasteiger partial charge in [0.2, 0.25) is 0 Å². The molecule has 5 heteroatoms. The topological polar surface area (TPSA) is 43.0 Å². The van der Waals surface area contributed by atoms with E-state index in [0.717, 1.165) is 49.8 Å². The largest absolute Gasteiger partial charge is 0.496 e. The van der Waals surface area contributed by atoms with E-state index >= 15 is 0 Å². The predicted octanol–water partition coefficient (Wildman–Crippen LogP) is 3.88. The van der Waals surface area contributed by atoms with Crippen molar-refractivity contribution in [1.82, 2.24) is 10.2 Å². The third-order valence-corrected chi connectivity index (χ3v) is 5.06. The first-order valence-electron chi connectivity index (χ1n) is 10.3. The Balaban J connectivity index is 2.06. The fourth-order valence-electron chi connectivity index (χ4n) is 3.84. The SMILES string of the molecule is CCOc1ccc(C(c2ccccc2OC)N2CCCNCC2)cc1OCC. The molecule has 1 atom stereocenters. The molecular formula is C23H32N2O3. The van der Waals surface area contributed by atoms with E-state index in [0.29, 0.717) is 13.2 Å². The first-order valence-corrected chi connectivity index (χ1v) is 10.3. The molecule has 1 N–H and O–H groups in total. The van der Waals surface area contributed by atoms with Crippen molar-refractivity contribution in [3.8, 4) is 17.2 Å². The maximum Gasteiger partial charge on any atom is 0.161 e. The first kappa shape index (κ1) is 20.5. The molecule has 0 saturated carbocycles. The summed E-state index contributed by atoms with van der Waals surface area (Å²) in [6.07, 6.45) is 1.13. The number of hydrogen-bond donors (Lipinski definition) is 1. The van der Waals surface area contributed by atoms with Crippen LogP contribution in [0.5, 0.6) is 17.2 Å². The van der Waals surface area contributed by atoms with E-state index in [1.165, 1.54) is 11.1 Å². The van der Waals surface area contributed by atoms with Crippen LogP contribution in [0.2, 0.25) is 0 Å². The minimum absolute atomic E-state index is 0.103. The van der Waals surface area contributed by atoms with Crippen LogP contribution in [0.25, 0.3) is 0 Å². The number of para-hydroxylation sites is 1. The molecular weight excluding hydrogens is 352 g/mol. The molecule has 0 aromatic heterocycles. The molecule has 1 fully saturated rings. The van der Waals surface area contributed by atoms with Gasteiger partial charge in [0.05, 0.1) is 26.4 Å². The highest BCUT2D eigenvalue weighted by atomic mass is 16.5. The van der Waals surface area contributed by atoms with Gasteiger partial charge in [-0.2, -0.15) is 0 Å². The summed E-state index contributed by atoms with van der Waals surface area (Å²) in [4.78, 5) is 2.53. The van der Waals surface area contributed by atoms with Crippen LogP contribution in [0.4, 0.5) is 0 Å². The molecule has 1 saturated heterocycles. The summed E-state index contributed by atoms with van der Waals surface area (Å²) in [6, 6.07) is 14.7. The number of methoxy groups -OCH3 is 1. The molecule has 1 aliphatic rings. The Morgan fingerprint density at radius 1 is 0.929 bits per heavy atom. The van der Waals surface area contributed by atoms with Gasteiger partial charge < -0.3 is 19.5 Å². The lowest BCUT2D eigenvalue weighted by molar-refractivity contribution is 0.234. The average molecular weight is 385 g/mol. The van der Waals surface area contributed by atoms with Crippen molar-refractivity contribution in [3.63, 3.8) is 0 Å². The van der Waals surface area contributed by atoms with Crippen molar-refractivity contribution in [2.75, 3.05) is 46.5 Å². The molecule has 0 spiro atoms. The predicted molar refractivity (Wildman–Crippen MR) is 113 cm³/mol. The number of ether oxygens (including phenoxy) is 3. The maximum absolute atomic E-state index is 5.90. The monoisotopic (exact) mass is 384 g/mol. The lowest BCUT2D eigenvalue weighted by atomic mass is 9.95. The average Bonchev–Trinajstić information content (AvgIpc) is 3.00. The van der Waals surface area contributed by atoms with Gasteiger partial charge in [-0.05, 0) is 50.6 Å². The van der Waals surface area contributed by atoms with Crippen LogP contribution in [0.1, 0.15) is 37.4 Å². The molecule has 152 valence electrons. The zero-order chi connectivity index (χ0) is 19.8. The second-order valence-electron chi connectivity index (χ2n) is 6.86. The van der Waals surface area contributed by atoms with Crippen LogP contribution in [0.3, 0.4) is 0 Å². The number of hydrogen-bond acceptors (Lipinski definition) is 5. The summed E-state index contributed by atoms with van der Waals surface area (Å²) in [5.41, 5.74) is 2.37. The molecule has 5 nitrogen and oxygen atoms in total. The Morgan fingerprint density at radius 2 is 1.71 bits per heavy atom. The van der Waals surface area contributed by atoms with Crippen molar-refractivity contribution in [2.45, 2.75) is 26.3 Å². The zero-order valence-electron chi connectivity index (χ0n) is 17.2. The van der Waals surface area contributed by atoms with E-state index in [4.69, 9.17) is 14.2 Å². The van der Waals surface area contributed by atoms with E-state index in [9.17, 15) is 0 Å². The molecule has 2 aromatic rings. The fourth-order valence-corrected chi connectivity index (χ4v) is 3.84. The van der Waals surface area contributed by atoms with Crippen LogP contribution < -0.4 is 19.5 Å². The number of benzene rings is 2. The lowest BCUT2D eigenvalue weighted by Crippen LogP contribution is -2.33. The Labute approximate surface area is 168 Å². The second-order valence-corrected chi connectivity index (χ2v) is 6.86. The molecule has 2 aromatic carbocycles. The van der Waals surface area contributed by atoms with Crippen LogP contribution in [0.15, 0.2) is 42.5 Å². The van der Waals surface area contributed by atoms with Crippen molar-refractivity contribution in [3.05, 3.63) is 53.6 Å². The van der Waals surface area contributed by atoms with Crippen molar-refractivity contribution < 1.29 is 14.2 Å². The van der Waals surface area contributed by atoms with Crippen LogP contribution in [-0.4, -0.2) is 51.4 Å². The third-order valence-electron chi connectivity index (χ3n) is 5.06. The standard InChI is InChI=1S/C23H32N2O3/c1-4-27-21-12-11-18(17-22(21)28-5-2)23(25-15-8-13-24-14-16-25)19-9-6-7-10-20(19)26-3/h6-7,9-12,17,23-24H,4-5,8,13-16H2,1-3H3. The highest BCUT2D eigenvalue weighted by molar-refractivity contribution is 5.48. The lowest BCUT2D eigenvalue weighted by Gasteiger charge is -2.32. The van der Waals surface area contributed by atoms with E-state index < -0.39 is 0 Å². The Kier molecular flexibility index (Phi) is 7.57. The summed E-state index contributed by atoms with van der Waals surface area (Å²) in [5.74, 6) is 2.51. The first-order chi connectivity index (χ1) is 13.8. The van der Waals surface area contributed by atoms with Crippen LogP contribution in [-0.2, 0) is 0 Å². The molecule has 1 heterocycles. The van der Waals surface area contributed by atoms with Gasteiger partial charge in [0.15, 0.2) is 11.5 Å². The molecule has 0 amide bonds. The molecule has 1 aliphatic heterocycles. The number of nitrogens with zero attached hydrogens (tertiary/aromatic N) is 1. The molecule has 0 bridgehead atoms. The van der Waals surface area contributed by atoms with E-state index in [1.54, 1.807) is 7.11 Å². The second kappa shape index (κ2) is 10.3. The van der Waals surface area contributed by atoms with Gasteiger partial charge in [-0.25, -0.2) is 0 Å². The number of rotatable bonds is 8. The summed E-state index contributed by atoms with van der Waals surface area (Å²) in [5, 5.41) is 3.50. The Hall–Kier alpha value is -2.24. The van der Waals surface area contributed by atoms with Crippen LogP contribution >= 0.6 is 0 Å². The van der Waals surface area contributed by atoms with Gasteiger partial charge in [-0.15, -0.1) is 0 Å². The van der Waals surface area contributed by atoms with Gasteiger partial charge >= 0.3 is 0 Å². The molecule has 1 unspecified atom stereocenters. The van der Waals surface area contributed by atoms with Crippen molar-refractivity contribution in [2.24, 2.45) is 0 Å². The van der Waals surface area contributed by atoms with Crippen LogP contribution in [0, 0.1) is 0 Å².